The Bertz CT molecular complexity index is 1070. The van der Waals surface area contributed by atoms with Gasteiger partial charge >= 0.3 is 0 Å². The molecular formula is C27H37N5O2S. The highest BCUT2D eigenvalue weighted by atomic mass is 32.2. The molecule has 4 saturated carbocycles. The van der Waals surface area contributed by atoms with Gasteiger partial charge in [-0.15, -0.1) is 0 Å². The molecule has 0 spiro atoms. The summed E-state index contributed by atoms with van der Waals surface area (Å²) in [4.78, 5) is 27.3. The monoisotopic (exact) mass is 495 g/mol. The van der Waals surface area contributed by atoms with E-state index in [0.717, 1.165) is 53.7 Å². The minimum absolute atomic E-state index is 0.00220. The van der Waals surface area contributed by atoms with Crippen molar-refractivity contribution in [1.82, 2.24) is 19.7 Å². The van der Waals surface area contributed by atoms with Crippen molar-refractivity contribution in [2.24, 2.45) is 24.8 Å². The Labute approximate surface area is 212 Å². The van der Waals surface area contributed by atoms with Gasteiger partial charge in [0.2, 0.25) is 11.8 Å². The lowest BCUT2D eigenvalue weighted by atomic mass is 9.56. The number of amides is 2. The first kappa shape index (κ1) is 23.2. The Morgan fingerprint density at radius 3 is 2.54 bits per heavy atom. The van der Waals surface area contributed by atoms with Crippen molar-refractivity contribution in [2.75, 3.05) is 23.7 Å². The molecule has 4 aliphatic carbocycles. The fraction of sp³-hybridized carbons (Fsp3) is 0.667. The highest BCUT2D eigenvalue weighted by Gasteiger charge is 2.50. The Kier molecular flexibility index (Phi) is 6.19. The summed E-state index contributed by atoms with van der Waals surface area (Å²) >= 11 is 2.12. The van der Waals surface area contributed by atoms with Gasteiger partial charge in [-0.2, -0.15) is 16.9 Å². The molecule has 4 bridgehead atoms. The van der Waals surface area contributed by atoms with Gasteiger partial charge in [0.05, 0.1) is 5.69 Å². The molecule has 2 amide bonds. The van der Waals surface area contributed by atoms with Crippen LogP contribution in [0.15, 0.2) is 24.4 Å². The zero-order valence-corrected chi connectivity index (χ0v) is 21.6. The van der Waals surface area contributed by atoms with Gasteiger partial charge in [0, 0.05) is 62.3 Å². The van der Waals surface area contributed by atoms with Gasteiger partial charge in [0.15, 0.2) is 0 Å². The molecule has 7 rings (SSSR count). The molecule has 1 aliphatic heterocycles. The van der Waals surface area contributed by atoms with Crippen LogP contribution in [0, 0.1) is 17.8 Å². The van der Waals surface area contributed by atoms with Crippen molar-refractivity contribution in [3.05, 3.63) is 24.4 Å². The van der Waals surface area contributed by atoms with Crippen molar-refractivity contribution < 1.29 is 9.59 Å². The molecule has 188 valence electrons. The lowest BCUT2D eigenvalue weighted by Gasteiger charge is -2.56. The van der Waals surface area contributed by atoms with Crippen LogP contribution in [0.25, 0.3) is 11.4 Å². The van der Waals surface area contributed by atoms with E-state index in [-0.39, 0.29) is 24.7 Å². The van der Waals surface area contributed by atoms with E-state index in [9.17, 15) is 9.59 Å². The van der Waals surface area contributed by atoms with Crippen LogP contribution in [-0.2, 0) is 23.2 Å². The highest BCUT2D eigenvalue weighted by Crippen LogP contribution is 2.60. The summed E-state index contributed by atoms with van der Waals surface area (Å²) in [5.74, 6) is 4.70. The molecule has 2 aromatic rings. The Morgan fingerprint density at radius 1 is 1.11 bits per heavy atom. The fourth-order valence-electron chi connectivity index (χ4n) is 7.50. The van der Waals surface area contributed by atoms with Gasteiger partial charge in [-0.25, -0.2) is 4.68 Å². The SMILES string of the molecule is Cn1cccc1-c1cc2n(n1)CCCN2C(=O)CCC(=O)NCCSC12CC3CC(CC(C3)C1)C2. The van der Waals surface area contributed by atoms with E-state index >= 15 is 0 Å². The first-order valence-electron chi connectivity index (χ1n) is 13.4. The summed E-state index contributed by atoms with van der Waals surface area (Å²) in [6.07, 6.45) is 11.9. The van der Waals surface area contributed by atoms with E-state index in [1.165, 1.54) is 38.5 Å². The quantitative estimate of drug-likeness (QED) is 0.557. The number of carbonyl (C=O) groups excluding carboxylic acids is 2. The van der Waals surface area contributed by atoms with Gasteiger partial charge in [0.25, 0.3) is 0 Å². The van der Waals surface area contributed by atoms with Gasteiger partial charge < -0.3 is 9.88 Å². The second-order valence-corrected chi connectivity index (χ2v) is 12.9. The Hall–Kier alpha value is -2.22. The number of aromatic nitrogens is 3. The molecule has 5 aliphatic rings. The summed E-state index contributed by atoms with van der Waals surface area (Å²) in [7, 11) is 2.00. The van der Waals surface area contributed by atoms with Crippen LogP contribution in [0.4, 0.5) is 5.82 Å². The zero-order chi connectivity index (χ0) is 24.0. The minimum atomic E-state index is -0.0144. The summed E-state index contributed by atoms with van der Waals surface area (Å²) in [6, 6.07) is 6.03. The number of hydrogen-bond acceptors (Lipinski definition) is 4. The van der Waals surface area contributed by atoms with E-state index in [2.05, 4.69) is 17.1 Å². The first-order valence-corrected chi connectivity index (χ1v) is 14.4. The van der Waals surface area contributed by atoms with Gasteiger partial charge in [0.1, 0.15) is 11.5 Å². The third-order valence-corrected chi connectivity index (χ3v) is 10.2. The van der Waals surface area contributed by atoms with Crippen molar-refractivity contribution in [1.29, 1.82) is 0 Å². The smallest absolute Gasteiger partial charge is 0.228 e. The summed E-state index contributed by atoms with van der Waals surface area (Å²) in [5.41, 5.74) is 1.91. The maximum Gasteiger partial charge on any atom is 0.228 e. The third-order valence-electron chi connectivity index (χ3n) is 8.67. The van der Waals surface area contributed by atoms with Crippen LogP contribution in [0.3, 0.4) is 0 Å². The number of anilines is 1. The number of aryl methyl sites for hydroxylation is 2. The number of carbonyl (C=O) groups is 2. The lowest BCUT2D eigenvalue weighted by Crippen LogP contribution is -2.48. The zero-order valence-electron chi connectivity index (χ0n) is 20.7. The van der Waals surface area contributed by atoms with Gasteiger partial charge in [-0.3, -0.25) is 14.5 Å². The Morgan fingerprint density at radius 2 is 1.86 bits per heavy atom. The van der Waals surface area contributed by atoms with E-state index in [0.29, 0.717) is 17.8 Å². The van der Waals surface area contributed by atoms with E-state index in [4.69, 9.17) is 5.10 Å². The van der Waals surface area contributed by atoms with Crippen LogP contribution in [0.2, 0.25) is 0 Å². The fourth-order valence-corrected chi connectivity index (χ4v) is 9.19. The van der Waals surface area contributed by atoms with E-state index in [1.54, 1.807) is 4.90 Å². The predicted octanol–water partition coefficient (Wildman–Crippen LogP) is 4.22. The van der Waals surface area contributed by atoms with Crippen molar-refractivity contribution in [3.63, 3.8) is 0 Å². The standard InChI is InChI=1S/C27H37N5O2S/c1-30-8-2-4-23(30)22-15-25-31(9-3-10-32(25)29-22)26(34)6-5-24(33)28-7-11-35-27-16-19-12-20(17-27)14-21(13-19)18-27/h2,4,8,15,19-21H,3,5-7,9-14,16-18H2,1H3,(H,28,33). The third kappa shape index (κ3) is 4.66. The number of rotatable bonds is 8. The first-order chi connectivity index (χ1) is 17.0. The normalized spacial score (nSPS) is 28.8. The summed E-state index contributed by atoms with van der Waals surface area (Å²) in [5, 5.41) is 7.79. The maximum absolute atomic E-state index is 13.0. The number of fused-ring (bicyclic) bond motifs is 1. The molecule has 0 radical (unpaired) electrons. The number of hydrogen-bond donors (Lipinski definition) is 1. The molecule has 1 N–H and O–H groups in total. The number of thioether (sulfide) groups is 1. The predicted molar refractivity (Wildman–Crippen MR) is 139 cm³/mol. The molecule has 0 atom stereocenters. The highest BCUT2D eigenvalue weighted by molar-refractivity contribution is 8.00. The number of nitrogens with zero attached hydrogens (tertiary/aromatic N) is 4. The maximum atomic E-state index is 13.0. The van der Waals surface area contributed by atoms with Crippen molar-refractivity contribution >= 4 is 29.4 Å². The van der Waals surface area contributed by atoms with Crippen LogP contribution in [0.5, 0.6) is 0 Å². The molecule has 3 heterocycles. The van der Waals surface area contributed by atoms with Crippen LogP contribution in [0.1, 0.15) is 57.8 Å². The van der Waals surface area contributed by atoms with Crippen LogP contribution >= 0.6 is 11.8 Å². The molecule has 0 saturated heterocycles. The second kappa shape index (κ2) is 9.34. The Balaban J connectivity index is 0.971. The van der Waals surface area contributed by atoms with Crippen molar-refractivity contribution in [3.8, 4) is 11.4 Å². The number of nitrogens with one attached hydrogen (secondary N) is 1. The molecule has 7 nitrogen and oxygen atoms in total. The molecular weight excluding hydrogens is 458 g/mol. The molecule has 35 heavy (non-hydrogen) atoms. The molecule has 8 heteroatoms. The second-order valence-electron chi connectivity index (χ2n) is 11.3. The summed E-state index contributed by atoms with van der Waals surface area (Å²) in [6.45, 7) is 2.20. The van der Waals surface area contributed by atoms with Crippen LogP contribution < -0.4 is 10.2 Å². The molecule has 2 aromatic heterocycles. The van der Waals surface area contributed by atoms with Gasteiger partial charge in [-0.05, 0) is 74.8 Å². The van der Waals surface area contributed by atoms with Crippen molar-refractivity contribution in [2.45, 2.75) is 69.1 Å². The van der Waals surface area contributed by atoms with E-state index in [1.807, 2.05) is 40.7 Å². The largest absolute Gasteiger partial charge is 0.355 e. The molecule has 0 unspecified atom stereocenters. The van der Waals surface area contributed by atoms with Gasteiger partial charge in [-0.1, -0.05) is 0 Å². The molecule has 4 fully saturated rings. The van der Waals surface area contributed by atoms with E-state index < -0.39 is 0 Å². The summed E-state index contributed by atoms with van der Waals surface area (Å²) < 4.78 is 4.45. The lowest BCUT2D eigenvalue weighted by molar-refractivity contribution is -0.125. The van der Waals surface area contributed by atoms with Crippen LogP contribution in [-0.4, -0.2) is 49.8 Å². The minimum Gasteiger partial charge on any atom is -0.355 e. The topological polar surface area (TPSA) is 72.2 Å². The molecule has 0 aromatic carbocycles. The average molecular weight is 496 g/mol. The average Bonchev–Trinajstić information content (AvgIpc) is 3.45.